The third-order valence-electron chi connectivity index (χ3n) is 3.97. The number of benzene rings is 1. The summed E-state index contributed by atoms with van der Waals surface area (Å²) in [5, 5.41) is 15.2. The molecule has 3 rings (SSSR count). The summed E-state index contributed by atoms with van der Waals surface area (Å²) in [6.07, 6.45) is 3.31. The molecular formula is C15H17N3O2S. The molecule has 1 aliphatic rings. The van der Waals surface area contributed by atoms with Gasteiger partial charge in [0.05, 0.1) is 16.7 Å². The third-order valence-corrected chi connectivity index (χ3v) is 5.13. The molecule has 1 N–H and O–H groups in total. The fraction of sp³-hybridized carbons (Fsp3) is 0.400. The molecule has 1 aromatic carbocycles. The second-order valence-electron chi connectivity index (χ2n) is 5.32. The normalized spacial score (nSPS) is 17.5. The Bertz CT molecular complexity index is 696. The van der Waals surface area contributed by atoms with Gasteiger partial charge in [0.2, 0.25) is 0 Å². The lowest BCUT2D eigenvalue weighted by Gasteiger charge is -2.19. The highest BCUT2D eigenvalue weighted by atomic mass is 32.1. The van der Waals surface area contributed by atoms with E-state index < -0.39 is 0 Å². The summed E-state index contributed by atoms with van der Waals surface area (Å²) in [6, 6.07) is 5.28. The molecule has 1 heterocycles. The molecule has 0 saturated carbocycles. The Balaban J connectivity index is 2.07. The number of nitrogens with zero attached hydrogens (tertiary/aromatic N) is 2. The topological polar surface area (TPSA) is 68.1 Å². The van der Waals surface area contributed by atoms with E-state index in [-0.39, 0.29) is 10.6 Å². The molecule has 1 unspecified atom stereocenters. The van der Waals surface area contributed by atoms with Crippen molar-refractivity contribution < 1.29 is 4.92 Å². The van der Waals surface area contributed by atoms with Crippen molar-refractivity contribution in [1.29, 1.82) is 0 Å². The van der Waals surface area contributed by atoms with Gasteiger partial charge in [0, 0.05) is 22.6 Å². The van der Waals surface area contributed by atoms with Gasteiger partial charge in [0.1, 0.15) is 5.01 Å². The Morgan fingerprint density at radius 3 is 3.00 bits per heavy atom. The van der Waals surface area contributed by atoms with Gasteiger partial charge in [-0.05, 0) is 38.8 Å². The fourth-order valence-electron chi connectivity index (χ4n) is 2.77. The van der Waals surface area contributed by atoms with E-state index in [2.05, 4.69) is 5.32 Å². The quantitative estimate of drug-likeness (QED) is 0.694. The maximum atomic E-state index is 11.0. The van der Waals surface area contributed by atoms with Crippen LogP contribution in [-0.4, -0.2) is 17.0 Å². The summed E-state index contributed by atoms with van der Waals surface area (Å²) >= 11 is 1.67. The van der Waals surface area contributed by atoms with Crippen molar-refractivity contribution in [3.05, 3.63) is 44.4 Å². The lowest BCUT2D eigenvalue weighted by atomic mass is 9.98. The zero-order valence-electron chi connectivity index (χ0n) is 12.0. The van der Waals surface area contributed by atoms with Crippen molar-refractivity contribution >= 4 is 17.0 Å². The third kappa shape index (κ3) is 2.56. The molecule has 0 spiro atoms. The van der Waals surface area contributed by atoms with Gasteiger partial charge in [0.15, 0.2) is 0 Å². The number of hydrogen-bond acceptors (Lipinski definition) is 5. The zero-order valence-corrected chi connectivity index (χ0v) is 12.9. The van der Waals surface area contributed by atoms with E-state index in [4.69, 9.17) is 4.98 Å². The molecule has 1 atom stereocenters. The molecule has 0 radical (unpaired) electrons. The van der Waals surface area contributed by atoms with E-state index in [0.717, 1.165) is 41.1 Å². The molecule has 0 aliphatic heterocycles. The number of nitrogens with one attached hydrogen (secondary N) is 1. The smallest absolute Gasteiger partial charge is 0.270 e. The molecule has 2 aromatic rings. The average Bonchev–Trinajstić information content (AvgIpc) is 2.90. The van der Waals surface area contributed by atoms with Crippen molar-refractivity contribution in [2.75, 3.05) is 7.05 Å². The molecule has 1 aliphatic carbocycles. The molecule has 0 amide bonds. The number of thiazole rings is 1. The number of fused-ring (bicyclic) bond motifs is 1. The average molecular weight is 303 g/mol. The first-order chi connectivity index (χ1) is 10.1. The molecule has 21 heavy (non-hydrogen) atoms. The Hall–Kier alpha value is -1.79. The lowest BCUT2D eigenvalue weighted by molar-refractivity contribution is -0.384. The summed E-state index contributed by atoms with van der Waals surface area (Å²) in [5.74, 6) is 0. The van der Waals surface area contributed by atoms with E-state index in [0.29, 0.717) is 6.04 Å². The summed E-state index contributed by atoms with van der Waals surface area (Å²) in [5.41, 5.74) is 3.13. The summed E-state index contributed by atoms with van der Waals surface area (Å²) in [4.78, 5) is 16.7. The summed E-state index contributed by atoms with van der Waals surface area (Å²) in [7, 11) is 1.96. The van der Waals surface area contributed by atoms with Crippen LogP contribution in [0.3, 0.4) is 0 Å². The molecule has 6 heteroatoms. The predicted molar refractivity (Wildman–Crippen MR) is 83.7 cm³/mol. The number of aromatic nitrogens is 1. The second kappa shape index (κ2) is 5.54. The number of aryl methyl sites for hydroxylation is 2. The van der Waals surface area contributed by atoms with Gasteiger partial charge in [-0.1, -0.05) is 6.07 Å². The maximum Gasteiger partial charge on any atom is 0.270 e. The van der Waals surface area contributed by atoms with Crippen LogP contribution in [0.5, 0.6) is 0 Å². The number of nitro benzene ring substituents is 1. The van der Waals surface area contributed by atoms with Gasteiger partial charge in [-0.2, -0.15) is 0 Å². The fourth-order valence-corrected chi connectivity index (χ4v) is 4.01. The standard InChI is InChI=1S/C15H17N3O2S/c1-9-6-7-10(18(19)20)8-11(9)15-17-14-12(16-2)4-3-5-13(14)21-15/h6-8,12,16H,3-5H2,1-2H3. The molecule has 0 fully saturated rings. The van der Waals surface area contributed by atoms with E-state index >= 15 is 0 Å². The lowest BCUT2D eigenvalue weighted by Crippen LogP contribution is -2.21. The van der Waals surface area contributed by atoms with Crippen molar-refractivity contribution in [1.82, 2.24) is 10.3 Å². The van der Waals surface area contributed by atoms with Crippen molar-refractivity contribution in [2.45, 2.75) is 32.2 Å². The minimum Gasteiger partial charge on any atom is -0.312 e. The minimum atomic E-state index is -0.354. The van der Waals surface area contributed by atoms with E-state index in [9.17, 15) is 10.1 Å². The van der Waals surface area contributed by atoms with Gasteiger partial charge < -0.3 is 5.32 Å². The first kappa shape index (κ1) is 14.2. The van der Waals surface area contributed by atoms with E-state index in [1.807, 2.05) is 14.0 Å². The highest BCUT2D eigenvalue weighted by molar-refractivity contribution is 7.15. The first-order valence-corrected chi connectivity index (χ1v) is 7.84. The van der Waals surface area contributed by atoms with E-state index in [1.165, 1.54) is 4.88 Å². The van der Waals surface area contributed by atoms with Crippen LogP contribution < -0.4 is 5.32 Å². The van der Waals surface area contributed by atoms with Gasteiger partial charge in [-0.25, -0.2) is 4.98 Å². The van der Waals surface area contributed by atoms with Crippen LogP contribution in [0.25, 0.3) is 10.6 Å². The monoisotopic (exact) mass is 303 g/mol. The highest BCUT2D eigenvalue weighted by Gasteiger charge is 2.24. The molecule has 110 valence electrons. The van der Waals surface area contributed by atoms with Crippen molar-refractivity contribution in [3.8, 4) is 10.6 Å². The largest absolute Gasteiger partial charge is 0.312 e. The Morgan fingerprint density at radius 1 is 1.48 bits per heavy atom. The predicted octanol–water partition coefficient (Wildman–Crippen LogP) is 3.62. The van der Waals surface area contributed by atoms with Gasteiger partial charge in [-0.3, -0.25) is 10.1 Å². The van der Waals surface area contributed by atoms with Crippen LogP contribution in [0.15, 0.2) is 18.2 Å². The molecule has 1 aromatic heterocycles. The second-order valence-corrected chi connectivity index (χ2v) is 6.40. The van der Waals surface area contributed by atoms with Gasteiger partial charge in [0.25, 0.3) is 5.69 Å². The van der Waals surface area contributed by atoms with Crippen LogP contribution in [0, 0.1) is 17.0 Å². The SMILES string of the molecule is CNC1CCCc2sc(-c3cc([N+](=O)[O-])ccc3C)nc21. The van der Waals surface area contributed by atoms with Gasteiger partial charge >= 0.3 is 0 Å². The highest BCUT2D eigenvalue weighted by Crippen LogP contribution is 2.38. The summed E-state index contributed by atoms with van der Waals surface area (Å²) < 4.78 is 0. The Labute approximate surface area is 127 Å². The number of rotatable bonds is 3. The molecular weight excluding hydrogens is 286 g/mol. The summed E-state index contributed by atoms with van der Waals surface area (Å²) in [6.45, 7) is 1.97. The van der Waals surface area contributed by atoms with Crippen molar-refractivity contribution in [3.63, 3.8) is 0 Å². The van der Waals surface area contributed by atoms with Crippen LogP contribution in [0.4, 0.5) is 5.69 Å². The zero-order chi connectivity index (χ0) is 15.0. The van der Waals surface area contributed by atoms with Gasteiger partial charge in [-0.15, -0.1) is 11.3 Å². The minimum absolute atomic E-state index is 0.119. The van der Waals surface area contributed by atoms with E-state index in [1.54, 1.807) is 29.5 Å². The van der Waals surface area contributed by atoms with Crippen LogP contribution in [-0.2, 0) is 6.42 Å². The van der Waals surface area contributed by atoms with Crippen LogP contribution in [0.1, 0.15) is 35.0 Å². The molecule has 0 bridgehead atoms. The number of nitro groups is 1. The molecule has 5 nitrogen and oxygen atoms in total. The number of hydrogen-bond donors (Lipinski definition) is 1. The maximum absolute atomic E-state index is 11.0. The van der Waals surface area contributed by atoms with Crippen molar-refractivity contribution in [2.24, 2.45) is 0 Å². The van der Waals surface area contributed by atoms with Crippen LogP contribution >= 0.6 is 11.3 Å². The Morgan fingerprint density at radius 2 is 2.29 bits per heavy atom. The number of non-ortho nitro benzene ring substituents is 1. The first-order valence-electron chi connectivity index (χ1n) is 7.02. The Kier molecular flexibility index (Phi) is 3.73. The van der Waals surface area contributed by atoms with Crippen LogP contribution in [0.2, 0.25) is 0 Å². The molecule has 0 saturated heterocycles.